The van der Waals surface area contributed by atoms with Gasteiger partial charge in [0.25, 0.3) is 5.91 Å². The Morgan fingerprint density at radius 3 is 2.20 bits per heavy atom. The highest BCUT2D eigenvalue weighted by Gasteiger charge is 2.17. The van der Waals surface area contributed by atoms with Crippen LogP contribution < -0.4 is 5.32 Å². The first-order valence-corrected chi connectivity index (χ1v) is 7.73. The maximum Gasteiger partial charge on any atom is 0.252 e. The molecule has 0 aliphatic heterocycles. The summed E-state index contributed by atoms with van der Waals surface area (Å²) in [6.45, 7) is 3.93. The van der Waals surface area contributed by atoms with Crippen LogP contribution >= 0.6 is 15.9 Å². The molecule has 0 aliphatic rings. The molecule has 2 aromatic carbocycles. The van der Waals surface area contributed by atoms with E-state index in [9.17, 15) is 4.79 Å². The maximum atomic E-state index is 12.5. The Hall–Kier alpha value is -1.61. The van der Waals surface area contributed by atoms with Crippen molar-refractivity contribution in [3.8, 4) is 0 Å². The number of halogens is 1. The molecule has 1 amide bonds. The van der Waals surface area contributed by atoms with Gasteiger partial charge >= 0.3 is 0 Å². The Bertz CT molecular complexity index is 575. The van der Waals surface area contributed by atoms with Crippen molar-refractivity contribution < 1.29 is 4.79 Å². The normalized spacial score (nSPS) is 11.9. The molecule has 2 aromatic rings. The number of alkyl halides is 1. The molecule has 0 aliphatic carbocycles. The van der Waals surface area contributed by atoms with E-state index in [1.54, 1.807) is 0 Å². The monoisotopic (exact) mass is 331 g/mol. The average Bonchev–Trinajstić information content (AvgIpc) is 2.45. The zero-order chi connectivity index (χ0) is 14.5. The SMILES string of the molecule is Cc1cccc(C)c1C(=O)NC(CBr)c1ccccc1. The second-order valence-corrected chi connectivity index (χ2v) is 5.51. The van der Waals surface area contributed by atoms with Crippen LogP contribution in [0.25, 0.3) is 0 Å². The minimum Gasteiger partial charge on any atom is -0.344 e. The number of hydrogen-bond acceptors (Lipinski definition) is 1. The molecule has 1 unspecified atom stereocenters. The van der Waals surface area contributed by atoms with Crippen molar-refractivity contribution in [3.63, 3.8) is 0 Å². The number of benzene rings is 2. The molecular weight excluding hydrogens is 314 g/mol. The Labute approximate surface area is 128 Å². The van der Waals surface area contributed by atoms with Crippen molar-refractivity contribution in [2.45, 2.75) is 19.9 Å². The molecule has 20 heavy (non-hydrogen) atoms. The first-order chi connectivity index (χ1) is 9.63. The minimum atomic E-state index is -0.0253. The van der Waals surface area contributed by atoms with E-state index in [1.165, 1.54) is 0 Å². The third-order valence-corrected chi connectivity index (χ3v) is 4.02. The van der Waals surface area contributed by atoms with Crippen molar-refractivity contribution in [2.75, 3.05) is 5.33 Å². The number of hydrogen-bond donors (Lipinski definition) is 1. The lowest BCUT2D eigenvalue weighted by Gasteiger charge is -2.18. The molecule has 0 aromatic heterocycles. The van der Waals surface area contributed by atoms with Gasteiger partial charge in [-0.2, -0.15) is 0 Å². The topological polar surface area (TPSA) is 29.1 Å². The van der Waals surface area contributed by atoms with Gasteiger partial charge in [0.2, 0.25) is 0 Å². The number of rotatable bonds is 4. The fourth-order valence-corrected chi connectivity index (χ4v) is 2.84. The molecule has 2 rings (SSSR count). The van der Waals surface area contributed by atoms with Crippen molar-refractivity contribution >= 4 is 21.8 Å². The fourth-order valence-electron chi connectivity index (χ4n) is 2.30. The van der Waals surface area contributed by atoms with Gasteiger partial charge in [0.15, 0.2) is 0 Å². The van der Waals surface area contributed by atoms with E-state index in [0.29, 0.717) is 5.33 Å². The van der Waals surface area contributed by atoms with E-state index >= 15 is 0 Å². The Morgan fingerprint density at radius 2 is 1.65 bits per heavy atom. The number of aryl methyl sites for hydroxylation is 2. The standard InChI is InChI=1S/C17H18BrNO/c1-12-7-6-8-13(2)16(12)17(20)19-15(11-18)14-9-4-3-5-10-14/h3-10,15H,11H2,1-2H3,(H,19,20). The minimum absolute atomic E-state index is 0.0195. The first kappa shape index (κ1) is 14.8. The summed E-state index contributed by atoms with van der Waals surface area (Å²) >= 11 is 3.48. The molecular formula is C17H18BrNO. The van der Waals surface area contributed by atoms with Gasteiger partial charge in [-0.3, -0.25) is 4.79 Å². The molecule has 104 valence electrons. The van der Waals surface area contributed by atoms with Crippen molar-refractivity contribution in [1.29, 1.82) is 0 Å². The molecule has 2 nitrogen and oxygen atoms in total. The summed E-state index contributed by atoms with van der Waals surface area (Å²) in [5.41, 5.74) is 3.88. The predicted molar refractivity (Wildman–Crippen MR) is 86.4 cm³/mol. The van der Waals surface area contributed by atoms with Gasteiger partial charge in [-0.15, -0.1) is 0 Å². The molecule has 1 N–H and O–H groups in total. The summed E-state index contributed by atoms with van der Waals surface area (Å²) in [6.07, 6.45) is 0. The summed E-state index contributed by atoms with van der Waals surface area (Å²) in [4.78, 5) is 12.5. The quantitative estimate of drug-likeness (QED) is 0.837. The number of carbonyl (C=O) groups excluding carboxylic acids is 1. The van der Waals surface area contributed by atoms with E-state index in [-0.39, 0.29) is 11.9 Å². The fraction of sp³-hybridized carbons (Fsp3) is 0.235. The van der Waals surface area contributed by atoms with Gasteiger partial charge < -0.3 is 5.32 Å². The second kappa shape index (κ2) is 6.71. The molecule has 0 saturated heterocycles. The zero-order valence-corrected chi connectivity index (χ0v) is 13.3. The van der Waals surface area contributed by atoms with E-state index in [1.807, 2.05) is 62.4 Å². The first-order valence-electron chi connectivity index (χ1n) is 6.61. The largest absolute Gasteiger partial charge is 0.344 e. The molecule has 0 fully saturated rings. The van der Waals surface area contributed by atoms with E-state index in [4.69, 9.17) is 0 Å². The van der Waals surface area contributed by atoms with E-state index in [2.05, 4.69) is 21.2 Å². The molecule has 0 radical (unpaired) electrons. The van der Waals surface area contributed by atoms with Crippen molar-refractivity contribution in [1.82, 2.24) is 5.32 Å². The lowest BCUT2D eigenvalue weighted by atomic mass is 10.0. The van der Waals surface area contributed by atoms with Gasteiger partial charge in [-0.1, -0.05) is 64.5 Å². The second-order valence-electron chi connectivity index (χ2n) is 4.86. The smallest absolute Gasteiger partial charge is 0.252 e. The van der Waals surface area contributed by atoms with Gasteiger partial charge in [-0.05, 0) is 30.5 Å². The lowest BCUT2D eigenvalue weighted by molar-refractivity contribution is 0.0939. The van der Waals surface area contributed by atoms with Crippen LogP contribution in [0.1, 0.15) is 33.1 Å². The van der Waals surface area contributed by atoms with Crippen LogP contribution in [0, 0.1) is 13.8 Å². The summed E-state index contributed by atoms with van der Waals surface area (Å²) in [5.74, 6) is -0.0195. The van der Waals surface area contributed by atoms with Crippen molar-refractivity contribution in [2.24, 2.45) is 0 Å². The van der Waals surface area contributed by atoms with Gasteiger partial charge in [0.05, 0.1) is 6.04 Å². The Balaban J connectivity index is 2.22. The summed E-state index contributed by atoms with van der Waals surface area (Å²) in [7, 11) is 0. The number of carbonyl (C=O) groups is 1. The molecule has 0 bridgehead atoms. The van der Waals surface area contributed by atoms with Crippen molar-refractivity contribution in [3.05, 3.63) is 70.8 Å². The Morgan fingerprint density at radius 1 is 1.05 bits per heavy atom. The molecule has 0 saturated carbocycles. The predicted octanol–water partition coefficient (Wildman–Crippen LogP) is 4.17. The van der Waals surface area contributed by atoms with Crippen LogP contribution in [-0.4, -0.2) is 11.2 Å². The number of amides is 1. The third-order valence-electron chi connectivity index (χ3n) is 3.37. The third kappa shape index (κ3) is 3.28. The lowest BCUT2D eigenvalue weighted by Crippen LogP contribution is -2.30. The van der Waals surface area contributed by atoms with Crippen LogP contribution in [0.4, 0.5) is 0 Å². The van der Waals surface area contributed by atoms with Crippen LogP contribution in [0.5, 0.6) is 0 Å². The van der Waals surface area contributed by atoms with Gasteiger partial charge in [-0.25, -0.2) is 0 Å². The summed E-state index contributed by atoms with van der Waals surface area (Å²) < 4.78 is 0. The number of nitrogens with one attached hydrogen (secondary N) is 1. The molecule has 3 heteroatoms. The van der Waals surface area contributed by atoms with Crippen LogP contribution in [0.15, 0.2) is 48.5 Å². The average molecular weight is 332 g/mol. The van der Waals surface area contributed by atoms with E-state index < -0.39 is 0 Å². The molecule has 1 atom stereocenters. The highest BCUT2D eigenvalue weighted by molar-refractivity contribution is 9.09. The Kier molecular flexibility index (Phi) is 4.96. The van der Waals surface area contributed by atoms with Crippen LogP contribution in [0.2, 0.25) is 0 Å². The van der Waals surface area contributed by atoms with Gasteiger partial charge in [0.1, 0.15) is 0 Å². The maximum absolute atomic E-state index is 12.5. The molecule has 0 spiro atoms. The highest BCUT2D eigenvalue weighted by Crippen LogP contribution is 2.18. The molecule has 0 heterocycles. The van der Waals surface area contributed by atoms with E-state index in [0.717, 1.165) is 22.3 Å². The highest BCUT2D eigenvalue weighted by atomic mass is 79.9. The summed E-state index contributed by atoms with van der Waals surface area (Å²) in [6, 6.07) is 15.9. The zero-order valence-electron chi connectivity index (χ0n) is 11.7. The van der Waals surface area contributed by atoms with Crippen LogP contribution in [0.3, 0.4) is 0 Å². The van der Waals surface area contributed by atoms with Crippen LogP contribution in [-0.2, 0) is 0 Å². The summed E-state index contributed by atoms with van der Waals surface area (Å²) in [5, 5.41) is 3.78. The van der Waals surface area contributed by atoms with Gasteiger partial charge in [0, 0.05) is 10.9 Å².